The Morgan fingerprint density at radius 1 is 1.43 bits per heavy atom. The molecule has 3 rings (SSSR count). The SMILES string of the molecule is CCc1nc(CCNC(=O)CC2CC3CCC(C2)N3)cs1. The van der Waals surface area contributed by atoms with Gasteiger partial charge in [-0.05, 0) is 38.0 Å². The third-order valence-electron chi connectivity index (χ3n) is 4.65. The Labute approximate surface area is 130 Å². The van der Waals surface area contributed by atoms with Gasteiger partial charge in [0.25, 0.3) is 0 Å². The van der Waals surface area contributed by atoms with E-state index in [1.807, 2.05) is 0 Å². The van der Waals surface area contributed by atoms with Crippen LogP contribution in [0.25, 0.3) is 0 Å². The van der Waals surface area contributed by atoms with Gasteiger partial charge in [-0.2, -0.15) is 0 Å². The minimum absolute atomic E-state index is 0.215. The standard InChI is InChI=1S/C16H25N3OS/c1-2-16-19-14(10-21-16)5-6-17-15(20)9-11-7-12-3-4-13(8-11)18-12/h10-13,18H,2-9H2,1H3,(H,17,20). The number of aromatic nitrogens is 1. The molecular weight excluding hydrogens is 282 g/mol. The van der Waals surface area contributed by atoms with Crippen LogP contribution in [0.15, 0.2) is 5.38 Å². The van der Waals surface area contributed by atoms with Crippen molar-refractivity contribution in [1.82, 2.24) is 15.6 Å². The van der Waals surface area contributed by atoms with Gasteiger partial charge in [0.15, 0.2) is 0 Å². The molecule has 5 heteroatoms. The lowest BCUT2D eigenvalue weighted by Crippen LogP contribution is -2.39. The van der Waals surface area contributed by atoms with Crippen LogP contribution in [0.5, 0.6) is 0 Å². The number of carbonyl (C=O) groups excluding carboxylic acids is 1. The molecule has 2 fully saturated rings. The Bertz CT molecular complexity index is 476. The lowest BCUT2D eigenvalue weighted by atomic mass is 9.89. The molecule has 2 saturated heterocycles. The monoisotopic (exact) mass is 307 g/mol. The van der Waals surface area contributed by atoms with Gasteiger partial charge in [-0.3, -0.25) is 4.79 Å². The molecule has 2 bridgehead atoms. The summed E-state index contributed by atoms with van der Waals surface area (Å²) in [5.41, 5.74) is 1.11. The number of rotatable bonds is 6. The number of carbonyl (C=O) groups is 1. The fraction of sp³-hybridized carbons (Fsp3) is 0.750. The molecular formula is C16H25N3OS. The quantitative estimate of drug-likeness (QED) is 0.848. The van der Waals surface area contributed by atoms with Crippen molar-refractivity contribution in [3.8, 4) is 0 Å². The van der Waals surface area contributed by atoms with Gasteiger partial charge in [0.1, 0.15) is 0 Å². The molecule has 3 heterocycles. The van der Waals surface area contributed by atoms with Crippen molar-refractivity contribution in [1.29, 1.82) is 0 Å². The summed E-state index contributed by atoms with van der Waals surface area (Å²) in [6, 6.07) is 1.34. The van der Waals surface area contributed by atoms with Gasteiger partial charge in [-0.15, -0.1) is 11.3 Å². The van der Waals surface area contributed by atoms with E-state index >= 15 is 0 Å². The van der Waals surface area contributed by atoms with Crippen LogP contribution in [-0.4, -0.2) is 29.5 Å². The van der Waals surface area contributed by atoms with Crippen molar-refractivity contribution in [2.24, 2.45) is 5.92 Å². The third kappa shape index (κ3) is 4.04. The zero-order valence-electron chi connectivity index (χ0n) is 12.7. The summed E-state index contributed by atoms with van der Waals surface area (Å²) in [5.74, 6) is 0.793. The maximum absolute atomic E-state index is 12.0. The predicted octanol–water partition coefficient (Wildman–Crippen LogP) is 2.28. The van der Waals surface area contributed by atoms with E-state index in [2.05, 4.69) is 27.9 Å². The Morgan fingerprint density at radius 2 is 2.19 bits per heavy atom. The lowest BCUT2D eigenvalue weighted by molar-refractivity contribution is -0.122. The molecule has 2 unspecified atom stereocenters. The smallest absolute Gasteiger partial charge is 0.220 e. The van der Waals surface area contributed by atoms with E-state index in [4.69, 9.17) is 0 Å². The molecule has 2 atom stereocenters. The highest BCUT2D eigenvalue weighted by Crippen LogP contribution is 2.32. The van der Waals surface area contributed by atoms with Crippen LogP contribution in [-0.2, 0) is 17.6 Å². The average molecular weight is 307 g/mol. The van der Waals surface area contributed by atoms with Gasteiger partial charge < -0.3 is 10.6 Å². The second-order valence-corrected chi connectivity index (χ2v) is 7.31. The van der Waals surface area contributed by atoms with Crippen molar-refractivity contribution in [2.45, 2.75) is 64.0 Å². The highest BCUT2D eigenvalue weighted by atomic mass is 32.1. The number of amides is 1. The first-order valence-electron chi connectivity index (χ1n) is 8.19. The number of thiazole rings is 1. The molecule has 116 valence electrons. The summed E-state index contributed by atoms with van der Waals surface area (Å²) in [4.78, 5) is 16.6. The minimum Gasteiger partial charge on any atom is -0.356 e. The fourth-order valence-corrected chi connectivity index (χ4v) is 4.41. The Morgan fingerprint density at radius 3 is 2.86 bits per heavy atom. The van der Waals surface area contributed by atoms with Crippen LogP contribution in [0.3, 0.4) is 0 Å². The first-order chi connectivity index (χ1) is 10.2. The zero-order valence-corrected chi connectivity index (χ0v) is 13.5. The van der Waals surface area contributed by atoms with Crippen LogP contribution >= 0.6 is 11.3 Å². The second kappa shape index (κ2) is 6.88. The van der Waals surface area contributed by atoms with Crippen molar-refractivity contribution < 1.29 is 4.79 Å². The van der Waals surface area contributed by atoms with E-state index in [1.54, 1.807) is 11.3 Å². The van der Waals surface area contributed by atoms with Gasteiger partial charge in [0, 0.05) is 36.9 Å². The van der Waals surface area contributed by atoms with Crippen molar-refractivity contribution in [2.75, 3.05) is 6.54 Å². The van der Waals surface area contributed by atoms with Crippen LogP contribution in [0.2, 0.25) is 0 Å². The molecule has 1 amide bonds. The molecule has 2 N–H and O–H groups in total. The molecule has 0 spiro atoms. The Balaban J connectivity index is 1.36. The van der Waals surface area contributed by atoms with Gasteiger partial charge >= 0.3 is 0 Å². The molecule has 0 saturated carbocycles. The molecule has 21 heavy (non-hydrogen) atoms. The molecule has 0 radical (unpaired) electrons. The number of fused-ring (bicyclic) bond motifs is 2. The first kappa shape index (κ1) is 15.0. The van der Waals surface area contributed by atoms with E-state index in [1.165, 1.54) is 30.7 Å². The lowest BCUT2D eigenvalue weighted by Gasteiger charge is -2.28. The fourth-order valence-electron chi connectivity index (χ4n) is 3.63. The number of aryl methyl sites for hydroxylation is 1. The highest BCUT2D eigenvalue weighted by Gasteiger charge is 2.33. The normalized spacial score (nSPS) is 27.8. The molecule has 1 aromatic heterocycles. The second-order valence-electron chi connectivity index (χ2n) is 6.37. The van der Waals surface area contributed by atoms with E-state index in [-0.39, 0.29) is 5.91 Å². The predicted molar refractivity (Wildman–Crippen MR) is 85.5 cm³/mol. The van der Waals surface area contributed by atoms with Gasteiger partial charge in [-0.25, -0.2) is 4.98 Å². The zero-order chi connectivity index (χ0) is 14.7. The molecule has 4 nitrogen and oxygen atoms in total. The topological polar surface area (TPSA) is 54.0 Å². The molecule has 2 aliphatic rings. The van der Waals surface area contributed by atoms with Crippen LogP contribution < -0.4 is 10.6 Å². The minimum atomic E-state index is 0.215. The number of hydrogen-bond acceptors (Lipinski definition) is 4. The summed E-state index contributed by atoms with van der Waals surface area (Å²) in [6.07, 6.45) is 7.49. The van der Waals surface area contributed by atoms with E-state index in [0.717, 1.165) is 18.5 Å². The molecule has 2 aliphatic heterocycles. The average Bonchev–Trinajstić information content (AvgIpc) is 3.05. The molecule has 0 aromatic carbocycles. The largest absolute Gasteiger partial charge is 0.356 e. The summed E-state index contributed by atoms with van der Waals surface area (Å²) in [5, 5.41) is 9.98. The molecule has 0 aliphatic carbocycles. The van der Waals surface area contributed by atoms with Crippen LogP contribution in [0.1, 0.15) is 49.7 Å². The summed E-state index contributed by atoms with van der Waals surface area (Å²) < 4.78 is 0. The number of nitrogens with one attached hydrogen (secondary N) is 2. The van der Waals surface area contributed by atoms with Gasteiger partial charge in [0.2, 0.25) is 5.91 Å². The first-order valence-corrected chi connectivity index (χ1v) is 9.07. The number of nitrogens with zero attached hydrogens (tertiary/aromatic N) is 1. The van der Waals surface area contributed by atoms with Gasteiger partial charge in [-0.1, -0.05) is 6.92 Å². The summed E-state index contributed by atoms with van der Waals surface area (Å²) in [7, 11) is 0. The van der Waals surface area contributed by atoms with E-state index in [9.17, 15) is 4.79 Å². The molecule has 1 aromatic rings. The number of piperidine rings is 1. The number of hydrogen-bond donors (Lipinski definition) is 2. The van der Waals surface area contributed by atoms with E-state index in [0.29, 0.717) is 31.0 Å². The maximum atomic E-state index is 12.0. The van der Waals surface area contributed by atoms with Crippen molar-refractivity contribution >= 4 is 17.2 Å². The van der Waals surface area contributed by atoms with Crippen molar-refractivity contribution in [3.05, 3.63) is 16.1 Å². The van der Waals surface area contributed by atoms with Crippen LogP contribution in [0.4, 0.5) is 0 Å². The Kier molecular flexibility index (Phi) is 4.91. The highest BCUT2D eigenvalue weighted by molar-refractivity contribution is 7.09. The summed E-state index contributed by atoms with van der Waals surface area (Å²) >= 11 is 1.71. The third-order valence-corrected chi connectivity index (χ3v) is 5.69. The van der Waals surface area contributed by atoms with Crippen molar-refractivity contribution in [3.63, 3.8) is 0 Å². The van der Waals surface area contributed by atoms with E-state index < -0.39 is 0 Å². The summed E-state index contributed by atoms with van der Waals surface area (Å²) in [6.45, 7) is 2.83. The maximum Gasteiger partial charge on any atom is 0.220 e. The van der Waals surface area contributed by atoms with Gasteiger partial charge in [0.05, 0.1) is 10.7 Å². The Hall–Kier alpha value is -0.940. The van der Waals surface area contributed by atoms with Crippen LogP contribution in [0, 0.1) is 5.92 Å².